The molecule has 0 saturated heterocycles. The molecule has 1 amide bonds. The molecule has 1 unspecified atom stereocenters. The summed E-state index contributed by atoms with van der Waals surface area (Å²) in [5.74, 6) is -0.553. The third-order valence-corrected chi connectivity index (χ3v) is 3.13. The van der Waals surface area contributed by atoms with Gasteiger partial charge in [-0.05, 0) is 17.7 Å². The van der Waals surface area contributed by atoms with E-state index < -0.39 is 12.1 Å². The van der Waals surface area contributed by atoms with Crippen LogP contribution in [-0.4, -0.2) is 37.7 Å². The lowest BCUT2D eigenvalue weighted by Gasteiger charge is -2.26. The second-order valence-corrected chi connectivity index (χ2v) is 4.81. The normalized spacial score (nSPS) is 16.1. The quantitative estimate of drug-likeness (QED) is 0.818. The maximum Gasteiger partial charge on any atom is 0.309 e. The van der Waals surface area contributed by atoms with Gasteiger partial charge in [0, 0.05) is 13.3 Å². The molecule has 0 bridgehead atoms. The Balaban J connectivity index is 2.03. The molecule has 7 heteroatoms. The van der Waals surface area contributed by atoms with Crippen LogP contribution >= 0.6 is 0 Å². The Morgan fingerprint density at radius 2 is 2.14 bits per heavy atom. The van der Waals surface area contributed by atoms with E-state index in [1.54, 1.807) is 18.2 Å². The number of esters is 2. The Hall–Kier alpha value is -2.57. The van der Waals surface area contributed by atoms with E-state index in [-0.39, 0.29) is 31.3 Å². The van der Waals surface area contributed by atoms with Gasteiger partial charge in [0.1, 0.15) is 5.75 Å². The minimum Gasteiger partial charge on any atom is -0.478 e. The van der Waals surface area contributed by atoms with Gasteiger partial charge in [-0.3, -0.25) is 14.4 Å². The van der Waals surface area contributed by atoms with Crippen LogP contribution in [0, 0.1) is 0 Å². The Kier molecular flexibility index (Phi) is 4.98. The third kappa shape index (κ3) is 3.97. The van der Waals surface area contributed by atoms with Gasteiger partial charge in [-0.15, -0.1) is 0 Å². The summed E-state index contributed by atoms with van der Waals surface area (Å²) >= 11 is 0. The van der Waals surface area contributed by atoms with E-state index in [1.165, 1.54) is 14.0 Å². The van der Waals surface area contributed by atoms with Crippen LogP contribution in [0.4, 0.5) is 5.69 Å². The number of amides is 1. The number of fused-ring (bicyclic) bond motifs is 1. The molecule has 1 aliphatic rings. The predicted octanol–water partition coefficient (Wildman–Crippen LogP) is 1.05. The number of anilines is 1. The summed E-state index contributed by atoms with van der Waals surface area (Å²) < 4.78 is 15.0. The number of carbonyl (C=O) groups is 3. The zero-order valence-electron chi connectivity index (χ0n) is 12.4. The molecule has 22 heavy (non-hydrogen) atoms. The molecule has 1 aromatic rings. The molecule has 0 aromatic heterocycles. The molecule has 1 aromatic carbocycles. The van der Waals surface area contributed by atoms with Crippen LogP contribution in [0.3, 0.4) is 0 Å². The van der Waals surface area contributed by atoms with Crippen LogP contribution in [0.15, 0.2) is 18.2 Å². The summed E-state index contributed by atoms with van der Waals surface area (Å²) in [4.78, 5) is 33.9. The Morgan fingerprint density at radius 1 is 1.36 bits per heavy atom. The van der Waals surface area contributed by atoms with E-state index in [2.05, 4.69) is 10.1 Å². The summed E-state index contributed by atoms with van der Waals surface area (Å²) in [6.45, 7) is 1.42. The minimum absolute atomic E-state index is 0.114. The van der Waals surface area contributed by atoms with E-state index in [9.17, 15) is 14.4 Å². The summed E-state index contributed by atoms with van der Waals surface area (Å²) in [5.41, 5.74) is 1.23. The van der Waals surface area contributed by atoms with Gasteiger partial charge in [0.05, 0.1) is 25.8 Å². The van der Waals surface area contributed by atoms with Crippen molar-refractivity contribution in [2.75, 3.05) is 19.0 Å². The van der Waals surface area contributed by atoms with Gasteiger partial charge in [0.25, 0.3) is 5.91 Å². The van der Waals surface area contributed by atoms with E-state index in [0.29, 0.717) is 17.0 Å². The maximum atomic E-state index is 12.0. The number of methoxy groups -OCH3 is 1. The molecule has 1 N–H and O–H groups in total. The van der Waals surface area contributed by atoms with Gasteiger partial charge in [-0.2, -0.15) is 0 Å². The van der Waals surface area contributed by atoms with Gasteiger partial charge >= 0.3 is 11.9 Å². The highest BCUT2D eigenvalue weighted by Crippen LogP contribution is 2.31. The first-order chi connectivity index (χ1) is 10.5. The van der Waals surface area contributed by atoms with Crippen molar-refractivity contribution in [3.63, 3.8) is 0 Å². The summed E-state index contributed by atoms with van der Waals surface area (Å²) in [7, 11) is 1.32. The fraction of sp³-hybridized carbons (Fsp3) is 0.400. The Labute approximate surface area is 127 Å². The first kappa shape index (κ1) is 15.8. The molecule has 0 radical (unpaired) electrons. The topological polar surface area (TPSA) is 90.9 Å². The molecule has 118 valence electrons. The summed E-state index contributed by atoms with van der Waals surface area (Å²) in [6, 6.07) is 5.09. The van der Waals surface area contributed by atoms with Crippen molar-refractivity contribution in [2.24, 2.45) is 0 Å². The second-order valence-electron chi connectivity index (χ2n) is 4.81. The number of benzene rings is 1. The number of carbonyl (C=O) groups excluding carboxylic acids is 3. The lowest BCUT2D eigenvalue weighted by Crippen LogP contribution is -2.38. The molecule has 0 spiro atoms. The van der Waals surface area contributed by atoms with Crippen molar-refractivity contribution in [3.05, 3.63) is 23.8 Å². The molecule has 1 heterocycles. The van der Waals surface area contributed by atoms with Crippen LogP contribution in [0.5, 0.6) is 5.75 Å². The first-order valence-electron chi connectivity index (χ1n) is 6.80. The van der Waals surface area contributed by atoms with Crippen molar-refractivity contribution >= 4 is 23.5 Å². The number of rotatable bonds is 5. The lowest BCUT2D eigenvalue weighted by atomic mass is 10.1. The average Bonchev–Trinajstić information content (AvgIpc) is 2.47. The molecule has 0 saturated carbocycles. The standard InChI is InChI=1S/C15H17NO6/c1-9(17)21-6-5-13-15(19)16-11-7-10(8-14(18)20-2)3-4-12(11)22-13/h3-4,7,13H,5-6,8H2,1-2H3,(H,16,19). The molecule has 2 rings (SSSR count). The Bertz CT molecular complexity index is 598. The molecule has 0 fully saturated rings. The number of nitrogens with one attached hydrogen (secondary N) is 1. The van der Waals surface area contributed by atoms with Crippen molar-refractivity contribution in [1.82, 2.24) is 0 Å². The second kappa shape index (κ2) is 6.93. The number of hydrogen-bond donors (Lipinski definition) is 1. The van der Waals surface area contributed by atoms with Gasteiger partial charge in [0.2, 0.25) is 0 Å². The van der Waals surface area contributed by atoms with Crippen molar-refractivity contribution in [1.29, 1.82) is 0 Å². The van der Waals surface area contributed by atoms with Crippen LogP contribution in [0.1, 0.15) is 18.9 Å². The van der Waals surface area contributed by atoms with Gasteiger partial charge < -0.3 is 19.5 Å². The van der Waals surface area contributed by atoms with E-state index in [4.69, 9.17) is 9.47 Å². The van der Waals surface area contributed by atoms with E-state index in [1.807, 2.05) is 0 Å². The van der Waals surface area contributed by atoms with Crippen LogP contribution < -0.4 is 10.1 Å². The third-order valence-electron chi connectivity index (χ3n) is 3.13. The summed E-state index contributed by atoms with van der Waals surface area (Å²) in [5, 5.41) is 2.72. The molecule has 0 aliphatic carbocycles. The SMILES string of the molecule is COC(=O)Cc1ccc2c(c1)NC(=O)C(CCOC(C)=O)O2. The molecular formula is C15H17NO6. The zero-order chi connectivity index (χ0) is 16.1. The average molecular weight is 307 g/mol. The van der Waals surface area contributed by atoms with E-state index >= 15 is 0 Å². The lowest BCUT2D eigenvalue weighted by molar-refractivity contribution is -0.142. The first-order valence-corrected chi connectivity index (χ1v) is 6.80. The van der Waals surface area contributed by atoms with E-state index in [0.717, 1.165) is 0 Å². The van der Waals surface area contributed by atoms with Crippen molar-refractivity contribution in [3.8, 4) is 5.75 Å². The number of hydrogen-bond acceptors (Lipinski definition) is 6. The zero-order valence-corrected chi connectivity index (χ0v) is 12.4. The highest BCUT2D eigenvalue weighted by atomic mass is 16.5. The van der Waals surface area contributed by atoms with Gasteiger partial charge in [-0.1, -0.05) is 6.07 Å². The molecule has 1 aliphatic heterocycles. The fourth-order valence-electron chi connectivity index (χ4n) is 2.05. The van der Waals surface area contributed by atoms with Crippen LogP contribution in [-0.2, 0) is 30.3 Å². The highest BCUT2D eigenvalue weighted by molar-refractivity contribution is 5.98. The van der Waals surface area contributed by atoms with Crippen molar-refractivity contribution < 1.29 is 28.6 Å². The molecular weight excluding hydrogens is 290 g/mol. The molecule has 7 nitrogen and oxygen atoms in total. The minimum atomic E-state index is -0.710. The monoisotopic (exact) mass is 307 g/mol. The number of ether oxygens (including phenoxy) is 3. The fourth-order valence-corrected chi connectivity index (χ4v) is 2.05. The largest absolute Gasteiger partial charge is 0.478 e. The van der Waals surface area contributed by atoms with Crippen molar-refractivity contribution in [2.45, 2.75) is 25.9 Å². The van der Waals surface area contributed by atoms with Gasteiger partial charge in [0.15, 0.2) is 6.10 Å². The predicted molar refractivity (Wildman–Crippen MR) is 76.5 cm³/mol. The van der Waals surface area contributed by atoms with Crippen LogP contribution in [0.2, 0.25) is 0 Å². The molecule has 1 atom stereocenters. The van der Waals surface area contributed by atoms with Crippen LogP contribution in [0.25, 0.3) is 0 Å². The summed E-state index contributed by atoms with van der Waals surface area (Å²) in [6.07, 6.45) is -0.317. The maximum absolute atomic E-state index is 12.0. The highest BCUT2D eigenvalue weighted by Gasteiger charge is 2.27. The van der Waals surface area contributed by atoms with Gasteiger partial charge in [-0.25, -0.2) is 0 Å². The smallest absolute Gasteiger partial charge is 0.309 e. The Morgan fingerprint density at radius 3 is 2.82 bits per heavy atom.